The zero-order chi connectivity index (χ0) is 10.2. The number of hydrogen-bond donors (Lipinski definition) is 2. The van der Waals surface area contributed by atoms with Crippen LogP contribution in [0.5, 0.6) is 0 Å². The SMILES string of the molecule is O=C(O)C(Cl)[N+]1(O)C(=O)CCC1=O. The predicted octanol–water partition coefficient (Wildman–Crippen LogP) is -0.311. The molecule has 0 spiro atoms. The van der Waals surface area contributed by atoms with E-state index in [0.717, 1.165) is 0 Å². The molecule has 0 aliphatic carbocycles. The topological polar surface area (TPSA) is 91.7 Å². The van der Waals surface area contributed by atoms with E-state index in [2.05, 4.69) is 0 Å². The van der Waals surface area contributed by atoms with Crippen LogP contribution in [0.15, 0.2) is 0 Å². The highest BCUT2D eigenvalue weighted by atomic mass is 35.5. The summed E-state index contributed by atoms with van der Waals surface area (Å²) >= 11 is 5.23. The van der Waals surface area contributed by atoms with Crippen molar-refractivity contribution in [1.29, 1.82) is 0 Å². The number of carbonyl (C=O) groups is 3. The molecule has 2 N–H and O–H groups in total. The third kappa shape index (κ3) is 1.32. The summed E-state index contributed by atoms with van der Waals surface area (Å²) in [5.41, 5.74) is -1.96. The zero-order valence-corrected chi connectivity index (χ0v) is 7.19. The molecule has 7 heteroatoms. The zero-order valence-electron chi connectivity index (χ0n) is 6.44. The molecule has 1 aliphatic rings. The van der Waals surface area contributed by atoms with Gasteiger partial charge in [-0.25, -0.2) is 14.4 Å². The van der Waals surface area contributed by atoms with Gasteiger partial charge < -0.3 is 5.11 Å². The Morgan fingerprint density at radius 1 is 1.38 bits per heavy atom. The molecule has 1 saturated heterocycles. The van der Waals surface area contributed by atoms with Gasteiger partial charge in [-0.1, -0.05) is 0 Å². The first kappa shape index (κ1) is 10.1. The summed E-state index contributed by atoms with van der Waals surface area (Å²) in [7, 11) is 0. The van der Waals surface area contributed by atoms with E-state index >= 15 is 0 Å². The Hall–Kier alpha value is -0.980. The van der Waals surface area contributed by atoms with Crippen LogP contribution < -0.4 is 0 Å². The molecule has 2 amide bonds. The fraction of sp³-hybridized carbons (Fsp3) is 0.500. The van der Waals surface area contributed by atoms with Crippen molar-refractivity contribution in [1.82, 2.24) is 0 Å². The molecule has 1 fully saturated rings. The number of amides is 2. The number of carboxylic acids is 1. The van der Waals surface area contributed by atoms with E-state index in [1.165, 1.54) is 0 Å². The maximum atomic E-state index is 11.0. The van der Waals surface area contributed by atoms with Gasteiger partial charge in [0.25, 0.3) is 0 Å². The summed E-state index contributed by atoms with van der Waals surface area (Å²) in [5, 5.41) is 17.8. The Balaban J connectivity index is 3.04. The highest BCUT2D eigenvalue weighted by molar-refractivity contribution is 6.29. The fourth-order valence-electron chi connectivity index (χ4n) is 1.11. The first-order chi connectivity index (χ1) is 5.90. The summed E-state index contributed by atoms with van der Waals surface area (Å²) in [6.45, 7) is 0. The number of nitrogens with zero attached hydrogens (tertiary/aromatic N) is 1. The van der Waals surface area contributed by atoms with Crippen molar-refractivity contribution < 1.29 is 29.3 Å². The largest absolute Gasteiger partial charge is 0.476 e. The molecule has 0 aromatic carbocycles. The number of rotatable bonds is 2. The molecule has 0 radical (unpaired) electrons. The molecule has 1 unspecified atom stereocenters. The van der Waals surface area contributed by atoms with E-state index in [1.807, 2.05) is 0 Å². The first-order valence-corrected chi connectivity index (χ1v) is 3.89. The lowest BCUT2D eigenvalue weighted by Crippen LogP contribution is -2.57. The van der Waals surface area contributed by atoms with Crippen molar-refractivity contribution in [2.45, 2.75) is 18.3 Å². The van der Waals surface area contributed by atoms with E-state index in [0.29, 0.717) is 0 Å². The van der Waals surface area contributed by atoms with Crippen LogP contribution in [0.3, 0.4) is 0 Å². The number of hydrogen-bond acceptors (Lipinski definition) is 4. The Morgan fingerprint density at radius 3 is 2.08 bits per heavy atom. The first-order valence-electron chi connectivity index (χ1n) is 3.46. The maximum absolute atomic E-state index is 11.0. The van der Waals surface area contributed by atoms with Crippen LogP contribution in [0.25, 0.3) is 0 Å². The van der Waals surface area contributed by atoms with Gasteiger partial charge in [-0.15, -0.1) is 0 Å². The Morgan fingerprint density at radius 2 is 1.77 bits per heavy atom. The molecule has 0 saturated carbocycles. The standard InChI is InChI=1S/C6H6ClNO5/c7-5(6(11)12)8(13)3(9)1-2-4(8)10/h5,13H,1-2H2/p+1. The molecule has 13 heavy (non-hydrogen) atoms. The third-order valence-electron chi connectivity index (χ3n) is 1.85. The van der Waals surface area contributed by atoms with Crippen LogP contribution in [0.2, 0.25) is 0 Å². The summed E-state index contributed by atoms with van der Waals surface area (Å²) in [5.74, 6) is -3.37. The lowest BCUT2D eigenvalue weighted by Gasteiger charge is -2.20. The van der Waals surface area contributed by atoms with Gasteiger partial charge in [0.2, 0.25) is 0 Å². The third-order valence-corrected chi connectivity index (χ3v) is 2.31. The predicted molar refractivity (Wildman–Crippen MR) is 38.6 cm³/mol. The Kier molecular flexibility index (Phi) is 2.38. The molecule has 1 aliphatic heterocycles. The molecule has 6 nitrogen and oxygen atoms in total. The van der Waals surface area contributed by atoms with Gasteiger partial charge in [0.1, 0.15) is 0 Å². The molecule has 0 aromatic heterocycles. The average Bonchev–Trinajstić information content (AvgIpc) is 2.32. The molecular formula is C6H7ClNO5+. The van der Waals surface area contributed by atoms with Crippen LogP contribution in [0.4, 0.5) is 0 Å². The van der Waals surface area contributed by atoms with Gasteiger partial charge in [0.05, 0.1) is 12.8 Å². The van der Waals surface area contributed by atoms with Crippen molar-refractivity contribution in [2.24, 2.45) is 0 Å². The van der Waals surface area contributed by atoms with Crippen molar-refractivity contribution in [3.05, 3.63) is 0 Å². The second-order valence-corrected chi connectivity index (χ2v) is 3.06. The van der Waals surface area contributed by atoms with Crippen LogP contribution in [-0.4, -0.2) is 38.2 Å². The summed E-state index contributed by atoms with van der Waals surface area (Å²) in [6.07, 6.45) is -0.350. The monoisotopic (exact) mass is 208 g/mol. The number of hydroxylamine groups is 3. The Labute approximate surface area is 77.9 Å². The maximum Gasteiger partial charge on any atom is 0.383 e. The molecule has 0 bridgehead atoms. The Bertz CT molecular complexity index is 273. The van der Waals surface area contributed by atoms with Crippen LogP contribution in [-0.2, 0) is 14.4 Å². The molecule has 1 atom stereocenters. The fourth-order valence-corrected chi connectivity index (χ4v) is 1.32. The van der Waals surface area contributed by atoms with E-state index in [-0.39, 0.29) is 12.8 Å². The van der Waals surface area contributed by atoms with Gasteiger partial charge in [0.15, 0.2) is 0 Å². The number of likely N-dealkylation sites (tertiary alicyclic amines) is 1. The second-order valence-electron chi connectivity index (χ2n) is 2.65. The summed E-state index contributed by atoms with van der Waals surface area (Å²) in [4.78, 5) is 32.4. The van der Waals surface area contributed by atoms with Crippen LogP contribution in [0.1, 0.15) is 12.8 Å². The normalized spacial score (nSPS) is 23.2. The lowest BCUT2D eigenvalue weighted by atomic mass is 10.4. The summed E-state index contributed by atoms with van der Waals surface area (Å²) < 4.78 is -1.82. The molecule has 0 aromatic rings. The number of carbonyl (C=O) groups excluding carboxylic acids is 2. The van der Waals surface area contributed by atoms with Gasteiger partial charge in [-0.05, 0) is 16.2 Å². The van der Waals surface area contributed by atoms with E-state index in [1.54, 1.807) is 0 Å². The second kappa shape index (κ2) is 3.06. The van der Waals surface area contributed by atoms with Crippen molar-refractivity contribution in [3.8, 4) is 0 Å². The number of carboxylic acid groups (broad SMARTS) is 1. The highest BCUT2D eigenvalue weighted by Gasteiger charge is 2.58. The minimum Gasteiger partial charge on any atom is -0.476 e. The van der Waals surface area contributed by atoms with E-state index < -0.39 is 27.9 Å². The quantitative estimate of drug-likeness (QED) is 0.214. The summed E-state index contributed by atoms with van der Waals surface area (Å²) in [6, 6.07) is 0. The number of quaternary nitrogens is 1. The van der Waals surface area contributed by atoms with E-state index in [9.17, 15) is 19.6 Å². The minimum absolute atomic E-state index is 0.175. The van der Waals surface area contributed by atoms with Gasteiger partial charge in [0, 0.05) is 0 Å². The van der Waals surface area contributed by atoms with Crippen LogP contribution in [0, 0.1) is 0 Å². The van der Waals surface area contributed by atoms with E-state index in [4.69, 9.17) is 16.7 Å². The van der Waals surface area contributed by atoms with Crippen molar-refractivity contribution in [2.75, 3.05) is 0 Å². The number of imide groups is 1. The molecule has 1 rings (SSSR count). The average molecular weight is 209 g/mol. The molecule has 1 heterocycles. The van der Waals surface area contributed by atoms with Crippen molar-refractivity contribution >= 4 is 29.4 Å². The van der Waals surface area contributed by atoms with Gasteiger partial charge in [-0.2, -0.15) is 5.21 Å². The molecule has 72 valence electrons. The minimum atomic E-state index is -1.96. The van der Waals surface area contributed by atoms with Crippen LogP contribution >= 0.6 is 11.6 Å². The molecular weight excluding hydrogens is 202 g/mol. The van der Waals surface area contributed by atoms with Crippen molar-refractivity contribution in [3.63, 3.8) is 0 Å². The van der Waals surface area contributed by atoms with Gasteiger partial charge >= 0.3 is 23.3 Å². The smallest absolute Gasteiger partial charge is 0.383 e. The number of aliphatic carboxylic acids is 1. The highest BCUT2D eigenvalue weighted by Crippen LogP contribution is 2.25. The number of halogens is 1. The number of alkyl halides is 1. The lowest BCUT2D eigenvalue weighted by molar-refractivity contribution is -0.974. The van der Waals surface area contributed by atoms with Gasteiger partial charge in [-0.3, -0.25) is 0 Å².